The summed E-state index contributed by atoms with van der Waals surface area (Å²) < 4.78 is 27.5. The molecule has 98 valence electrons. The van der Waals surface area contributed by atoms with Crippen molar-refractivity contribution in [3.8, 4) is 0 Å². The van der Waals surface area contributed by atoms with Gasteiger partial charge in [-0.05, 0) is 6.92 Å². The van der Waals surface area contributed by atoms with Crippen molar-refractivity contribution >= 4 is 22.4 Å². The Morgan fingerprint density at radius 3 is 2.76 bits per heavy atom. The molecular formula is C9H17ClN4O2S. The van der Waals surface area contributed by atoms with E-state index in [1.165, 1.54) is 16.8 Å². The molecule has 0 amide bonds. The molecule has 1 aromatic heterocycles. The summed E-state index contributed by atoms with van der Waals surface area (Å²) in [6.45, 7) is 3.66. The minimum Gasteiger partial charge on any atom is -0.339 e. The lowest BCUT2D eigenvalue weighted by Crippen LogP contribution is -2.51. The van der Waals surface area contributed by atoms with E-state index in [4.69, 9.17) is 0 Å². The molecule has 1 aromatic rings. The monoisotopic (exact) mass is 280 g/mol. The Morgan fingerprint density at radius 1 is 1.53 bits per heavy atom. The predicted octanol–water partition coefficient (Wildman–Crippen LogP) is -0.176. The van der Waals surface area contributed by atoms with Crippen molar-refractivity contribution in [1.82, 2.24) is 19.2 Å². The van der Waals surface area contributed by atoms with E-state index in [0.717, 1.165) is 0 Å². The second-order valence-electron chi connectivity index (χ2n) is 4.10. The van der Waals surface area contributed by atoms with E-state index >= 15 is 0 Å². The van der Waals surface area contributed by atoms with Crippen LogP contribution in [0.15, 0.2) is 17.6 Å². The largest absolute Gasteiger partial charge is 0.339 e. The number of aryl methyl sites for hydroxylation is 1. The van der Waals surface area contributed by atoms with E-state index in [-0.39, 0.29) is 23.5 Å². The molecule has 6 nitrogen and oxygen atoms in total. The number of hydrogen-bond donors (Lipinski definition) is 1. The van der Waals surface area contributed by atoms with Crippen molar-refractivity contribution in [1.29, 1.82) is 0 Å². The van der Waals surface area contributed by atoms with Crippen LogP contribution in [0.4, 0.5) is 0 Å². The van der Waals surface area contributed by atoms with Gasteiger partial charge in [0.15, 0.2) is 5.03 Å². The van der Waals surface area contributed by atoms with Crippen LogP contribution in [0.5, 0.6) is 0 Å². The molecule has 0 saturated carbocycles. The molecule has 0 aromatic carbocycles. The van der Waals surface area contributed by atoms with Gasteiger partial charge in [0, 0.05) is 38.9 Å². The van der Waals surface area contributed by atoms with Gasteiger partial charge in [-0.15, -0.1) is 12.4 Å². The third-order valence-electron chi connectivity index (χ3n) is 2.62. The maximum absolute atomic E-state index is 12.2. The van der Waals surface area contributed by atoms with E-state index < -0.39 is 10.0 Å². The van der Waals surface area contributed by atoms with Gasteiger partial charge in [0.1, 0.15) is 0 Å². The first-order chi connectivity index (χ1) is 7.50. The van der Waals surface area contributed by atoms with E-state index in [1.54, 1.807) is 11.6 Å². The van der Waals surface area contributed by atoms with Gasteiger partial charge in [0.2, 0.25) is 0 Å². The minimum atomic E-state index is -3.41. The van der Waals surface area contributed by atoms with Crippen molar-refractivity contribution in [2.24, 2.45) is 7.05 Å². The first-order valence-electron chi connectivity index (χ1n) is 5.21. The Labute approximate surface area is 107 Å². The Kier molecular flexibility index (Phi) is 4.54. The van der Waals surface area contributed by atoms with Crippen LogP contribution in [0.3, 0.4) is 0 Å². The van der Waals surface area contributed by atoms with Crippen LogP contribution in [0.1, 0.15) is 6.92 Å². The summed E-state index contributed by atoms with van der Waals surface area (Å²) in [6.07, 6.45) is 3.03. The highest BCUT2D eigenvalue weighted by molar-refractivity contribution is 7.89. The fourth-order valence-corrected chi connectivity index (χ4v) is 3.27. The molecule has 2 rings (SSSR count). The average molecular weight is 281 g/mol. The van der Waals surface area contributed by atoms with Crippen LogP contribution >= 0.6 is 12.4 Å². The average Bonchev–Trinajstić information content (AvgIpc) is 2.65. The number of nitrogens with one attached hydrogen (secondary N) is 1. The molecule has 0 aliphatic carbocycles. The minimum absolute atomic E-state index is 0. The number of rotatable bonds is 2. The van der Waals surface area contributed by atoms with Gasteiger partial charge in [-0.25, -0.2) is 13.4 Å². The Hall–Kier alpha value is -0.630. The van der Waals surface area contributed by atoms with Crippen molar-refractivity contribution in [2.75, 3.05) is 19.6 Å². The number of sulfonamides is 1. The molecule has 17 heavy (non-hydrogen) atoms. The smallest absolute Gasteiger partial charge is 0.262 e. The summed E-state index contributed by atoms with van der Waals surface area (Å²) in [5.41, 5.74) is 0. The predicted molar refractivity (Wildman–Crippen MR) is 66.7 cm³/mol. The molecule has 0 spiro atoms. The molecular weight excluding hydrogens is 264 g/mol. The van der Waals surface area contributed by atoms with Crippen LogP contribution in [0.25, 0.3) is 0 Å². The second kappa shape index (κ2) is 5.34. The zero-order valence-electron chi connectivity index (χ0n) is 9.83. The van der Waals surface area contributed by atoms with Gasteiger partial charge < -0.3 is 9.88 Å². The topological polar surface area (TPSA) is 67.2 Å². The van der Waals surface area contributed by atoms with E-state index in [0.29, 0.717) is 19.6 Å². The summed E-state index contributed by atoms with van der Waals surface area (Å²) >= 11 is 0. The summed E-state index contributed by atoms with van der Waals surface area (Å²) in [5.74, 6) is 0. The molecule has 1 aliphatic heterocycles. The summed E-state index contributed by atoms with van der Waals surface area (Å²) in [7, 11) is -1.66. The second-order valence-corrected chi connectivity index (χ2v) is 5.98. The Morgan fingerprint density at radius 2 is 2.24 bits per heavy atom. The van der Waals surface area contributed by atoms with E-state index in [1.807, 2.05) is 6.92 Å². The van der Waals surface area contributed by atoms with Gasteiger partial charge in [0.05, 0.1) is 6.33 Å². The maximum atomic E-state index is 12.2. The Bertz CT molecular complexity index is 473. The molecule has 0 radical (unpaired) electrons. The van der Waals surface area contributed by atoms with Gasteiger partial charge in [-0.2, -0.15) is 4.31 Å². The lowest BCUT2D eigenvalue weighted by Gasteiger charge is -2.30. The van der Waals surface area contributed by atoms with Gasteiger partial charge in [-0.3, -0.25) is 0 Å². The molecule has 8 heteroatoms. The lowest BCUT2D eigenvalue weighted by molar-refractivity contribution is 0.309. The van der Waals surface area contributed by atoms with E-state index in [9.17, 15) is 8.42 Å². The highest BCUT2D eigenvalue weighted by atomic mass is 35.5. The summed E-state index contributed by atoms with van der Waals surface area (Å²) in [4.78, 5) is 3.90. The maximum Gasteiger partial charge on any atom is 0.262 e. The van der Waals surface area contributed by atoms with Gasteiger partial charge in [-0.1, -0.05) is 0 Å². The molecule has 1 atom stereocenters. The lowest BCUT2D eigenvalue weighted by atomic mass is 10.3. The molecule has 2 heterocycles. The molecule has 1 N–H and O–H groups in total. The SMILES string of the molecule is CC1CN(S(=O)(=O)c2cn(C)cn2)CCN1.Cl. The number of piperazine rings is 1. The van der Waals surface area contributed by atoms with Crippen LogP contribution in [-0.2, 0) is 17.1 Å². The highest BCUT2D eigenvalue weighted by Gasteiger charge is 2.29. The number of hydrogen-bond acceptors (Lipinski definition) is 4. The normalized spacial score (nSPS) is 22.1. The van der Waals surface area contributed by atoms with Crippen LogP contribution in [0.2, 0.25) is 0 Å². The zero-order valence-corrected chi connectivity index (χ0v) is 11.5. The molecule has 1 unspecified atom stereocenters. The molecule has 0 bridgehead atoms. The third kappa shape index (κ3) is 2.98. The molecule has 1 saturated heterocycles. The van der Waals surface area contributed by atoms with Gasteiger partial charge >= 0.3 is 0 Å². The molecule has 1 fully saturated rings. The van der Waals surface area contributed by atoms with Crippen molar-refractivity contribution in [3.63, 3.8) is 0 Å². The highest BCUT2D eigenvalue weighted by Crippen LogP contribution is 2.14. The summed E-state index contributed by atoms with van der Waals surface area (Å²) in [6, 6.07) is 0.187. The van der Waals surface area contributed by atoms with Crippen LogP contribution in [-0.4, -0.2) is 48.0 Å². The first-order valence-corrected chi connectivity index (χ1v) is 6.65. The van der Waals surface area contributed by atoms with Crippen LogP contribution < -0.4 is 5.32 Å². The van der Waals surface area contributed by atoms with Gasteiger partial charge in [0.25, 0.3) is 10.0 Å². The van der Waals surface area contributed by atoms with Crippen molar-refractivity contribution < 1.29 is 8.42 Å². The first kappa shape index (κ1) is 14.4. The third-order valence-corrected chi connectivity index (χ3v) is 4.37. The number of nitrogens with zero attached hydrogens (tertiary/aromatic N) is 3. The van der Waals surface area contributed by atoms with Crippen LogP contribution in [0, 0.1) is 0 Å². The van der Waals surface area contributed by atoms with Crippen molar-refractivity contribution in [3.05, 3.63) is 12.5 Å². The standard InChI is InChI=1S/C9H16N4O2S.ClH/c1-8-5-13(4-3-10-8)16(14,15)9-6-12(2)7-11-9;/h6-8,10H,3-5H2,1-2H3;1H. The fraction of sp³-hybridized carbons (Fsp3) is 0.667. The number of aromatic nitrogens is 2. The zero-order chi connectivity index (χ0) is 11.8. The Balaban J connectivity index is 0.00000144. The van der Waals surface area contributed by atoms with Crippen molar-refractivity contribution in [2.45, 2.75) is 18.0 Å². The number of imidazole rings is 1. The summed E-state index contributed by atoms with van der Waals surface area (Å²) in [5, 5.41) is 3.34. The molecule has 1 aliphatic rings. The quantitative estimate of drug-likeness (QED) is 0.816. The fourth-order valence-electron chi connectivity index (χ4n) is 1.77. The van der Waals surface area contributed by atoms with E-state index in [2.05, 4.69) is 10.3 Å². The number of halogens is 1.